The number of allylic oxidation sites excluding steroid dienone is 1. The van der Waals surface area contributed by atoms with Gasteiger partial charge in [0.1, 0.15) is 40.6 Å². The number of hydrogen-bond donors (Lipinski definition) is 2. The number of carbonyl (C=O) groups is 3. The molecule has 0 bridgehead atoms. The molecule has 12 nitrogen and oxygen atoms in total. The molecule has 49 heavy (non-hydrogen) atoms. The molecule has 1 aromatic heterocycles. The Hall–Kier alpha value is -3.94. The molecule has 2 saturated carbocycles. The number of hydrogen-bond acceptors (Lipinski definition) is 9. The van der Waals surface area contributed by atoms with Crippen LogP contribution >= 0.6 is 0 Å². The van der Waals surface area contributed by atoms with Gasteiger partial charge in [0.25, 0.3) is 5.91 Å². The Morgan fingerprint density at radius 2 is 1.90 bits per heavy atom. The van der Waals surface area contributed by atoms with Crippen LogP contribution in [-0.4, -0.2) is 85.9 Å². The van der Waals surface area contributed by atoms with Crippen molar-refractivity contribution in [3.05, 3.63) is 36.5 Å². The fourth-order valence-corrected chi connectivity index (χ4v) is 8.49. The summed E-state index contributed by atoms with van der Waals surface area (Å²) < 4.78 is 57.6. The number of methoxy groups -OCH3 is 2. The highest BCUT2D eigenvalue weighted by molar-refractivity contribution is 7.91. The molecule has 14 heteroatoms. The van der Waals surface area contributed by atoms with E-state index in [0.29, 0.717) is 28.2 Å². The summed E-state index contributed by atoms with van der Waals surface area (Å²) in [5, 5.41) is 4.23. The van der Waals surface area contributed by atoms with E-state index in [1.165, 1.54) is 18.2 Å². The van der Waals surface area contributed by atoms with Crippen molar-refractivity contribution in [2.75, 3.05) is 27.4 Å². The monoisotopic (exact) mass is 700 g/mol. The van der Waals surface area contributed by atoms with Crippen LogP contribution in [0.1, 0.15) is 65.2 Å². The molecular formula is C35H45FN4O8S. The molecule has 3 amide bonds. The second-order valence-corrected chi connectivity index (χ2v) is 16.3. The van der Waals surface area contributed by atoms with Gasteiger partial charge >= 0.3 is 0 Å². The molecule has 0 unspecified atom stereocenters. The van der Waals surface area contributed by atoms with E-state index in [0.717, 1.165) is 19.3 Å². The number of fused-ring (bicyclic) bond motifs is 3. The van der Waals surface area contributed by atoms with Crippen molar-refractivity contribution in [2.24, 2.45) is 17.8 Å². The summed E-state index contributed by atoms with van der Waals surface area (Å²) in [6.45, 7) is 3.10. The summed E-state index contributed by atoms with van der Waals surface area (Å²) in [4.78, 5) is 47.6. The Bertz CT molecular complexity index is 1760. The number of benzene rings is 1. The number of halogens is 1. The maximum absolute atomic E-state index is 14.1. The van der Waals surface area contributed by atoms with Gasteiger partial charge in [0.15, 0.2) is 0 Å². The lowest BCUT2D eigenvalue weighted by atomic mass is 9.95. The molecule has 3 heterocycles. The zero-order valence-electron chi connectivity index (χ0n) is 28.4. The van der Waals surface area contributed by atoms with Gasteiger partial charge in [-0.1, -0.05) is 38.8 Å². The lowest BCUT2D eigenvalue weighted by Crippen LogP contribution is -2.57. The second kappa shape index (κ2) is 13.4. The molecule has 3 fully saturated rings. The lowest BCUT2D eigenvalue weighted by Gasteiger charge is -2.27. The summed E-state index contributed by atoms with van der Waals surface area (Å²) in [6.07, 6.45) is 8.17. The minimum atomic E-state index is -4.31. The molecule has 6 rings (SSSR count). The number of sulfonamides is 1. The summed E-state index contributed by atoms with van der Waals surface area (Å²) in [5.41, 5.74) is -1.55. The summed E-state index contributed by atoms with van der Waals surface area (Å²) in [5.74, 6) is -0.437. The van der Waals surface area contributed by atoms with Gasteiger partial charge in [-0.15, -0.1) is 0 Å². The Labute approximate surface area is 286 Å². The summed E-state index contributed by atoms with van der Waals surface area (Å²) >= 11 is 0. The van der Waals surface area contributed by atoms with Crippen molar-refractivity contribution in [2.45, 2.75) is 87.6 Å². The number of ether oxygens (including phenoxy) is 3. The third-order valence-corrected chi connectivity index (χ3v) is 12.7. The van der Waals surface area contributed by atoms with E-state index < -0.39 is 56.9 Å². The maximum Gasteiger partial charge on any atom is 0.259 e. The maximum atomic E-state index is 14.1. The molecule has 2 aromatic rings. The first-order valence-corrected chi connectivity index (χ1v) is 18.4. The largest absolute Gasteiger partial charge is 0.497 e. The molecule has 1 saturated heterocycles. The van der Waals surface area contributed by atoms with Crippen LogP contribution in [0.5, 0.6) is 17.4 Å². The Kier molecular flexibility index (Phi) is 9.55. The van der Waals surface area contributed by atoms with Crippen LogP contribution in [0.2, 0.25) is 0 Å². The van der Waals surface area contributed by atoms with E-state index >= 15 is 0 Å². The Balaban J connectivity index is 1.29. The van der Waals surface area contributed by atoms with Crippen LogP contribution in [0, 0.1) is 17.8 Å². The molecule has 2 N–H and O–H groups in total. The second-order valence-electron chi connectivity index (χ2n) is 14.2. The summed E-state index contributed by atoms with van der Waals surface area (Å²) in [6, 6.07) is 4.41. The minimum absolute atomic E-state index is 0.0839. The van der Waals surface area contributed by atoms with Crippen LogP contribution in [0.25, 0.3) is 10.8 Å². The number of amides is 3. The van der Waals surface area contributed by atoms with Crippen LogP contribution in [0.15, 0.2) is 36.5 Å². The van der Waals surface area contributed by atoms with Gasteiger partial charge in [-0.05, 0) is 55.7 Å². The fraction of sp³-hybridized carbons (Fsp3) is 0.600. The zero-order valence-corrected chi connectivity index (χ0v) is 29.2. The molecule has 266 valence electrons. The van der Waals surface area contributed by atoms with Crippen LogP contribution in [0.3, 0.4) is 0 Å². The highest BCUT2D eigenvalue weighted by atomic mass is 32.2. The molecule has 0 radical (unpaired) electrons. The van der Waals surface area contributed by atoms with Crippen LogP contribution < -0.4 is 24.2 Å². The quantitative estimate of drug-likeness (QED) is 0.392. The number of alkyl halides is 1. The van der Waals surface area contributed by atoms with E-state index in [9.17, 15) is 27.2 Å². The van der Waals surface area contributed by atoms with Crippen LogP contribution in [0.4, 0.5) is 4.39 Å². The zero-order chi connectivity index (χ0) is 35.1. The number of nitrogens with zero attached hydrogens (tertiary/aromatic N) is 2. The Morgan fingerprint density at radius 3 is 2.59 bits per heavy atom. The predicted octanol–water partition coefficient (Wildman–Crippen LogP) is 3.83. The highest BCUT2D eigenvalue weighted by Crippen LogP contribution is 2.48. The van der Waals surface area contributed by atoms with E-state index in [4.69, 9.17) is 14.2 Å². The van der Waals surface area contributed by atoms with Crippen molar-refractivity contribution in [3.8, 4) is 17.4 Å². The number of nitrogens with one attached hydrogen (secondary N) is 2. The van der Waals surface area contributed by atoms with Crippen molar-refractivity contribution < 1.29 is 41.4 Å². The van der Waals surface area contributed by atoms with Gasteiger partial charge in [-0.3, -0.25) is 19.1 Å². The molecule has 2 aliphatic heterocycles. The average Bonchev–Trinajstić information content (AvgIpc) is 3.98. The molecule has 1 aromatic carbocycles. The molecule has 4 aliphatic rings. The lowest BCUT2D eigenvalue weighted by molar-refractivity contribution is -0.140. The van der Waals surface area contributed by atoms with E-state index in [2.05, 4.69) is 21.9 Å². The first-order valence-electron chi connectivity index (χ1n) is 16.9. The van der Waals surface area contributed by atoms with Crippen molar-refractivity contribution >= 4 is 38.5 Å². The van der Waals surface area contributed by atoms with Gasteiger partial charge < -0.3 is 24.4 Å². The molecular weight excluding hydrogens is 655 g/mol. The minimum Gasteiger partial charge on any atom is -0.497 e. The topological polar surface area (TPSA) is 153 Å². The Morgan fingerprint density at radius 1 is 1.12 bits per heavy atom. The summed E-state index contributed by atoms with van der Waals surface area (Å²) in [7, 11) is -1.21. The van der Waals surface area contributed by atoms with Crippen molar-refractivity contribution in [3.63, 3.8) is 0 Å². The third-order valence-electron chi connectivity index (χ3n) is 10.6. The first-order chi connectivity index (χ1) is 23.3. The molecule has 2 aliphatic carbocycles. The van der Waals surface area contributed by atoms with Crippen molar-refractivity contribution in [1.82, 2.24) is 19.9 Å². The third kappa shape index (κ3) is 6.80. The van der Waals surface area contributed by atoms with E-state index in [1.54, 1.807) is 19.2 Å². The normalized spacial score (nSPS) is 30.6. The smallest absolute Gasteiger partial charge is 0.259 e. The number of rotatable bonds is 8. The number of carbonyl (C=O) groups excluding carboxylic acids is 3. The standard InChI is InChI=1S/C35H45FN4O8S/c1-21-6-5-7-22(2)14-30(41)40-19-25(48-32-26-11-10-24(46-3)15-27(26)29(47-4)18-37-32)16-28(40)31(42)38-35(17-23(35)9-8-21)33(43)39-49(44,45)34(20-36)12-13-34/h8-11,15,18,21-23,25,28H,5-7,12-14,16-17,19-20H2,1-4H3,(H,38,42)(H,39,43)/b9-8-/t21-,22-,23-,25-,28+,35-/m1/s1. The number of pyridine rings is 1. The molecule has 0 spiro atoms. The van der Waals surface area contributed by atoms with Crippen LogP contribution in [-0.2, 0) is 24.4 Å². The SMILES string of the molecule is COc1ccc2c(O[C@@H]3C[C@H]4C(=O)N[C@]5(C(=O)NS(=O)(=O)C6(CF)CC6)C[C@H]5/C=C\[C@H](C)CCC[C@@H](C)CC(=O)N4C3)ncc(OC)c2c1. The van der Waals surface area contributed by atoms with E-state index in [-0.39, 0.29) is 56.4 Å². The molecule has 6 atom stereocenters. The number of aromatic nitrogens is 1. The predicted molar refractivity (Wildman–Crippen MR) is 179 cm³/mol. The fourth-order valence-electron chi connectivity index (χ4n) is 7.06. The van der Waals surface area contributed by atoms with E-state index in [1.807, 2.05) is 25.1 Å². The highest BCUT2D eigenvalue weighted by Gasteiger charge is 2.64. The van der Waals surface area contributed by atoms with Gasteiger partial charge in [-0.25, -0.2) is 17.8 Å². The van der Waals surface area contributed by atoms with Gasteiger partial charge in [0.2, 0.25) is 27.7 Å². The average molecular weight is 701 g/mol. The van der Waals surface area contributed by atoms with Crippen molar-refractivity contribution in [1.29, 1.82) is 0 Å². The van der Waals surface area contributed by atoms with Gasteiger partial charge in [0, 0.05) is 29.5 Å². The first kappa shape index (κ1) is 34.9. The van der Waals surface area contributed by atoms with Gasteiger partial charge in [-0.2, -0.15) is 0 Å². The van der Waals surface area contributed by atoms with Gasteiger partial charge in [0.05, 0.1) is 27.0 Å².